The summed E-state index contributed by atoms with van der Waals surface area (Å²) < 4.78 is 5.74. The van der Waals surface area contributed by atoms with Gasteiger partial charge in [-0.05, 0) is 41.8 Å². The fourth-order valence-corrected chi connectivity index (χ4v) is 2.66. The Morgan fingerprint density at radius 3 is 2.50 bits per heavy atom. The van der Waals surface area contributed by atoms with Gasteiger partial charge in [-0.2, -0.15) is 0 Å². The van der Waals surface area contributed by atoms with Crippen LogP contribution in [0, 0.1) is 0 Å². The third kappa shape index (κ3) is 2.74. The molecular weight excluding hydrogens is 325 g/mol. The number of pyridine rings is 1. The van der Waals surface area contributed by atoms with Crippen molar-refractivity contribution in [2.75, 3.05) is 5.43 Å². The molecule has 2 aromatic carbocycles. The molecule has 112 valence electrons. The lowest BCUT2D eigenvalue weighted by atomic mass is 10.2. The van der Waals surface area contributed by atoms with Gasteiger partial charge in [0.05, 0.1) is 15.7 Å². The summed E-state index contributed by atoms with van der Waals surface area (Å²) in [5, 5.41) is 1.99. The van der Waals surface area contributed by atoms with E-state index >= 15 is 0 Å². The Morgan fingerprint density at radius 1 is 1.09 bits per heavy atom. The van der Waals surface area contributed by atoms with Gasteiger partial charge in [0, 0.05) is 11.6 Å². The first-order valence-corrected chi connectivity index (χ1v) is 7.09. The van der Waals surface area contributed by atoms with E-state index in [4.69, 9.17) is 33.8 Å². The molecule has 22 heavy (non-hydrogen) atoms. The first kappa shape index (κ1) is 14.7. The zero-order valence-electron chi connectivity index (χ0n) is 11.2. The van der Waals surface area contributed by atoms with Gasteiger partial charge in [0.15, 0.2) is 5.75 Å². The number of anilines is 1. The highest BCUT2D eigenvalue weighted by atomic mass is 35.5. The van der Waals surface area contributed by atoms with Gasteiger partial charge in [-0.3, -0.25) is 10.6 Å². The quantitative estimate of drug-likeness (QED) is 0.500. The van der Waals surface area contributed by atoms with E-state index < -0.39 is 0 Å². The molecule has 5 nitrogen and oxygen atoms in total. The minimum atomic E-state index is -0.154. The number of fused-ring (bicyclic) bond motifs is 1. The molecule has 0 saturated heterocycles. The number of benzene rings is 2. The maximum absolute atomic E-state index is 11.7. The summed E-state index contributed by atoms with van der Waals surface area (Å²) in [6.45, 7) is 0. The fourth-order valence-electron chi connectivity index (χ4n) is 2.09. The molecule has 0 aliphatic carbocycles. The number of nitrogens with one attached hydrogen (secondary N) is 2. The van der Waals surface area contributed by atoms with E-state index in [1.54, 1.807) is 42.6 Å². The average molecular weight is 336 g/mol. The van der Waals surface area contributed by atoms with Crippen molar-refractivity contribution >= 4 is 39.7 Å². The lowest BCUT2D eigenvalue weighted by Crippen LogP contribution is -2.06. The highest BCUT2D eigenvalue weighted by Crippen LogP contribution is 2.39. The second-order valence-corrected chi connectivity index (χ2v) is 5.39. The number of aromatic amines is 1. The van der Waals surface area contributed by atoms with Crippen LogP contribution in [0.15, 0.2) is 47.4 Å². The number of aromatic nitrogens is 1. The smallest absolute Gasteiger partial charge is 0.255 e. The Bertz CT molecular complexity index is 886. The van der Waals surface area contributed by atoms with E-state index in [1.165, 1.54) is 0 Å². The third-order valence-electron chi connectivity index (χ3n) is 3.13. The topological polar surface area (TPSA) is 80.1 Å². The molecule has 3 aromatic rings. The monoisotopic (exact) mass is 335 g/mol. The van der Waals surface area contributed by atoms with Gasteiger partial charge in [-0.15, -0.1) is 0 Å². The zero-order valence-corrected chi connectivity index (χ0v) is 12.7. The van der Waals surface area contributed by atoms with Crippen LogP contribution in [0.5, 0.6) is 11.5 Å². The Hall–Kier alpha value is -2.21. The molecule has 0 fully saturated rings. The SMILES string of the molecule is NNc1cc(Cl)c(Oc2ccc3c(=O)[nH]ccc3c2)c(Cl)c1. The molecule has 1 aromatic heterocycles. The van der Waals surface area contributed by atoms with Crippen LogP contribution >= 0.6 is 23.2 Å². The zero-order chi connectivity index (χ0) is 15.7. The van der Waals surface area contributed by atoms with E-state index in [0.717, 1.165) is 5.39 Å². The van der Waals surface area contributed by atoms with E-state index in [0.29, 0.717) is 32.6 Å². The summed E-state index contributed by atoms with van der Waals surface area (Å²) in [5.41, 5.74) is 2.89. The van der Waals surface area contributed by atoms with Gasteiger partial charge >= 0.3 is 0 Å². The highest BCUT2D eigenvalue weighted by Gasteiger charge is 2.11. The maximum Gasteiger partial charge on any atom is 0.255 e. The molecule has 0 radical (unpaired) electrons. The number of nitrogen functional groups attached to an aromatic ring is 1. The van der Waals surface area contributed by atoms with Crippen molar-refractivity contribution in [3.8, 4) is 11.5 Å². The van der Waals surface area contributed by atoms with Crippen LogP contribution in [0.3, 0.4) is 0 Å². The van der Waals surface area contributed by atoms with Gasteiger partial charge in [0.25, 0.3) is 5.56 Å². The minimum Gasteiger partial charge on any atom is -0.454 e. The molecule has 0 amide bonds. The number of hydrazine groups is 1. The van der Waals surface area contributed by atoms with Crippen molar-refractivity contribution in [1.29, 1.82) is 0 Å². The Labute approximate surface area is 135 Å². The van der Waals surface area contributed by atoms with Crippen molar-refractivity contribution < 1.29 is 4.74 Å². The summed E-state index contributed by atoms with van der Waals surface area (Å²) in [7, 11) is 0. The van der Waals surface area contributed by atoms with Crippen LogP contribution in [0.1, 0.15) is 0 Å². The van der Waals surface area contributed by atoms with Crippen LogP contribution in [0.2, 0.25) is 10.0 Å². The van der Waals surface area contributed by atoms with Gasteiger partial charge < -0.3 is 15.1 Å². The molecule has 0 saturated carbocycles. The molecule has 3 rings (SSSR count). The number of hydrogen-bond acceptors (Lipinski definition) is 4. The predicted molar refractivity (Wildman–Crippen MR) is 88.9 cm³/mol. The number of ether oxygens (including phenoxy) is 1. The van der Waals surface area contributed by atoms with E-state index in [2.05, 4.69) is 10.4 Å². The Morgan fingerprint density at radius 2 is 1.82 bits per heavy atom. The number of nitrogens with two attached hydrogens (primary N) is 1. The summed E-state index contributed by atoms with van der Waals surface area (Å²) >= 11 is 12.3. The molecule has 0 spiro atoms. The first-order valence-electron chi connectivity index (χ1n) is 6.33. The lowest BCUT2D eigenvalue weighted by molar-refractivity contribution is 0.484. The summed E-state index contributed by atoms with van der Waals surface area (Å²) in [6.07, 6.45) is 1.58. The lowest BCUT2D eigenvalue weighted by Gasteiger charge is -2.11. The third-order valence-corrected chi connectivity index (χ3v) is 3.69. The van der Waals surface area contributed by atoms with Crippen LogP contribution in [-0.2, 0) is 0 Å². The van der Waals surface area contributed by atoms with Gasteiger partial charge in [0.1, 0.15) is 5.75 Å². The van der Waals surface area contributed by atoms with Crippen LogP contribution in [0.4, 0.5) is 5.69 Å². The number of hydrogen-bond donors (Lipinski definition) is 3. The number of halogens is 2. The van der Waals surface area contributed by atoms with Gasteiger partial charge in [0.2, 0.25) is 0 Å². The van der Waals surface area contributed by atoms with E-state index in [9.17, 15) is 4.79 Å². The van der Waals surface area contributed by atoms with Crippen molar-refractivity contribution in [2.24, 2.45) is 5.84 Å². The largest absolute Gasteiger partial charge is 0.454 e. The fraction of sp³-hybridized carbons (Fsp3) is 0. The summed E-state index contributed by atoms with van der Waals surface area (Å²) in [6, 6.07) is 10.1. The van der Waals surface area contributed by atoms with E-state index in [1.807, 2.05) is 0 Å². The predicted octanol–water partition coefficient (Wildman–Crippen LogP) is 3.91. The normalized spacial score (nSPS) is 10.7. The minimum absolute atomic E-state index is 0.154. The van der Waals surface area contributed by atoms with Gasteiger partial charge in [-0.1, -0.05) is 23.2 Å². The van der Waals surface area contributed by atoms with Gasteiger partial charge in [-0.25, -0.2) is 0 Å². The average Bonchev–Trinajstić information content (AvgIpc) is 2.51. The summed E-state index contributed by atoms with van der Waals surface area (Å²) in [5.74, 6) is 6.17. The molecular formula is C15H11Cl2N3O2. The maximum atomic E-state index is 11.7. The van der Waals surface area contributed by atoms with Crippen molar-refractivity contribution in [3.05, 3.63) is 63.0 Å². The molecule has 0 unspecified atom stereocenters. The molecule has 0 bridgehead atoms. The van der Waals surface area contributed by atoms with Crippen LogP contribution in [-0.4, -0.2) is 4.98 Å². The molecule has 4 N–H and O–H groups in total. The molecule has 7 heteroatoms. The molecule has 0 aliphatic rings. The van der Waals surface area contributed by atoms with Crippen molar-refractivity contribution in [2.45, 2.75) is 0 Å². The van der Waals surface area contributed by atoms with Crippen LogP contribution in [0.25, 0.3) is 10.8 Å². The molecule has 0 aliphatic heterocycles. The van der Waals surface area contributed by atoms with E-state index in [-0.39, 0.29) is 5.56 Å². The standard InChI is InChI=1S/C15H11Cl2N3O2/c16-12-6-9(20-18)7-13(17)14(12)22-10-1-2-11-8(5-10)3-4-19-15(11)21/h1-7,20H,18H2,(H,19,21). The first-order chi connectivity index (χ1) is 10.6. The summed E-state index contributed by atoms with van der Waals surface area (Å²) in [4.78, 5) is 14.3. The Balaban J connectivity index is 2.02. The molecule has 0 atom stereocenters. The van der Waals surface area contributed by atoms with Crippen molar-refractivity contribution in [1.82, 2.24) is 4.98 Å². The number of H-pyrrole nitrogens is 1. The number of rotatable bonds is 3. The second kappa shape index (κ2) is 5.88. The highest BCUT2D eigenvalue weighted by molar-refractivity contribution is 6.37. The second-order valence-electron chi connectivity index (χ2n) is 4.57. The van der Waals surface area contributed by atoms with Crippen LogP contribution < -0.4 is 21.6 Å². The van der Waals surface area contributed by atoms with Crippen molar-refractivity contribution in [3.63, 3.8) is 0 Å². The Kier molecular flexibility index (Phi) is 3.94. The molecule has 1 heterocycles.